The molecule has 3 rings (SSSR count). The van der Waals surface area contributed by atoms with E-state index in [9.17, 15) is 0 Å². The molecule has 1 aromatic heterocycles. The van der Waals surface area contributed by atoms with Crippen LogP contribution in [0.3, 0.4) is 0 Å². The van der Waals surface area contributed by atoms with Crippen molar-refractivity contribution >= 4 is 17.7 Å². The molecule has 5 nitrogen and oxygen atoms in total. The molecule has 1 unspecified atom stereocenters. The van der Waals surface area contributed by atoms with Gasteiger partial charge in [-0.3, -0.25) is 4.99 Å². The zero-order chi connectivity index (χ0) is 16.6. The van der Waals surface area contributed by atoms with Gasteiger partial charge in [-0.2, -0.15) is 16.9 Å². The van der Waals surface area contributed by atoms with Gasteiger partial charge in [0.2, 0.25) is 0 Å². The predicted octanol–water partition coefficient (Wildman–Crippen LogP) is 2.48. The maximum atomic E-state index is 4.30. The highest BCUT2D eigenvalue weighted by Crippen LogP contribution is 2.25. The van der Waals surface area contributed by atoms with Crippen LogP contribution in [-0.4, -0.2) is 46.9 Å². The van der Waals surface area contributed by atoms with Gasteiger partial charge in [-0.25, -0.2) is 4.68 Å². The number of rotatable bonds is 6. The highest BCUT2D eigenvalue weighted by atomic mass is 32.2. The monoisotopic (exact) mass is 343 g/mol. The Balaban J connectivity index is 1.41. The Kier molecular flexibility index (Phi) is 6.18. The lowest BCUT2D eigenvalue weighted by atomic mass is 10.1. The van der Waals surface area contributed by atoms with Gasteiger partial charge in [0, 0.05) is 37.8 Å². The third-order valence-electron chi connectivity index (χ3n) is 4.16. The zero-order valence-corrected chi connectivity index (χ0v) is 14.9. The molecule has 24 heavy (non-hydrogen) atoms. The summed E-state index contributed by atoms with van der Waals surface area (Å²) in [5, 5.41) is 11.8. The van der Waals surface area contributed by atoms with E-state index >= 15 is 0 Å². The number of nitrogens with one attached hydrogen (secondary N) is 2. The maximum absolute atomic E-state index is 4.30. The van der Waals surface area contributed by atoms with E-state index in [0.717, 1.165) is 36.4 Å². The van der Waals surface area contributed by atoms with Gasteiger partial charge in [-0.05, 0) is 48.8 Å². The average Bonchev–Trinajstić information content (AvgIpc) is 3.32. The molecule has 1 saturated heterocycles. The van der Waals surface area contributed by atoms with Crippen LogP contribution < -0.4 is 10.6 Å². The van der Waals surface area contributed by atoms with E-state index in [2.05, 4.69) is 56.8 Å². The van der Waals surface area contributed by atoms with Crippen molar-refractivity contribution in [1.29, 1.82) is 0 Å². The summed E-state index contributed by atoms with van der Waals surface area (Å²) in [6, 6.07) is 10.5. The molecule has 0 radical (unpaired) electrons. The van der Waals surface area contributed by atoms with E-state index in [1.54, 1.807) is 6.20 Å². The molecule has 0 aliphatic carbocycles. The van der Waals surface area contributed by atoms with Crippen LogP contribution >= 0.6 is 11.8 Å². The number of guanidine groups is 1. The van der Waals surface area contributed by atoms with Crippen molar-refractivity contribution < 1.29 is 0 Å². The van der Waals surface area contributed by atoms with Gasteiger partial charge >= 0.3 is 0 Å². The van der Waals surface area contributed by atoms with Crippen LogP contribution in [0.15, 0.2) is 47.7 Å². The van der Waals surface area contributed by atoms with Gasteiger partial charge in [0.05, 0.1) is 5.69 Å². The number of hydrogen-bond donors (Lipinski definition) is 2. The number of benzene rings is 1. The minimum Gasteiger partial charge on any atom is -0.356 e. The van der Waals surface area contributed by atoms with Gasteiger partial charge < -0.3 is 10.6 Å². The largest absolute Gasteiger partial charge is 0.356 e. The summed E-state index contributed by atoms with van der Waals surface area (Å²) >= 11 is 2.06. The van der Waals surface area contributed by atoms with Gasteiger partial charge in [-0.15, -0.1) is 0 Å². The second-order valence-electron chi connectivity index (χ2n) is 5.88. The highest BCUT2D eigenvalue weighted by Gasteiger charge is 2.15. The van der Waals surface area contributed by atoms with Crippen LogP contribution in [0.2, 0.25) is 0 Å². The van der Waals surface area contributed by atoms with Crippen LogP contribution in [0.5, 0.6) is 0 Å². The van der Waals surface area contributed by atoms with Crippen molar-refractivity contribution in [1.82, 2.24) is 20.4 Å². The quantitative estimate of drug-likeness (QED) is 0.625. The van der Waals surface area contributed by atoms with Crippen LogP contribution in [-0.2, 0) is 6.42 Å². The summed E-state index contributed by atoms with van der Waals surface area (Å²) in [6.45, 7) is 1.88. The molecule has 2 N–H and O–H groups in total. The molecule has 0 bridgehead atoms. The Morgan fingerprint density at radius 1 is 1.33 bits per heavy atom. The van der Waals surface area contributed by atoms with Crippen molar-refractivity contribution in [3.63, 3.8) is 0 Å². The maximum Gasteiger partial charge on any atom is 0.191 e. The molecular weight excluding hydrogens is 318 g/mol. The lowest BCUT2D eigenvalue weighted by Gasteiger charge is -2.14. The Morgan fingerprint density at radius 2 is 2.21 bits per heavy atom. The fourth-order valence-electron chi connectivity index (χ4n) is 2.80. The van der Waals surface area contributed by atoms with Gasteiger partial charge in [-0.1, -0.05) is 12.1 Å². The number of nitrogens with zero attached hydrogens (tertiary/aromatic N) is 3. The van der Waals surface area contributed by atoms with Crippen LogP contribution in [0.4, 0.5) is 0 Å². The molecule has 2 heterocycles. The van der Waals surface area contributed by atoms with Crippen LogP contribution in [0, 0.1) is 0 Å². The highest BCUT2D eigenvalue weighted by molar-refractivity contribution is 8.00. The Labute approximate surface area is 147 Å². The number of aliphatic imine (C=N–C) groups is 1. The van der Waals surface area contributed by atoms with Crippen molar-refractivity contribution in [2.45, 2.75) is 24.5 Å². The fourth-order valence-corrected chi connectivity index (χ4v) is 4.00. The molecule has 0 amide bonds. The molecule has 6 heteroatoms. The smallest absolute Gasteiger partial charge is 0.191 e. The van der Waals surface area contributed by atoms with Gasteiger partial charge in [0.25, 0.3) is 0 Å². The van der Waals surface area contributed by atoms with Gasteiger partial charge in [0.15, 0.2) is 5.96 Å². The first-order chi connectivity index (χ1) is 11.8. The molecule has 1 aromatic carbocycles. The lowest BCUT2D eigenvalue weighted by molar-refractivity contribution is 0.724. The predicted molar refractivity (Wildman–Crippen MR) is 102 cm³/mol. The standard InChI is InChI=1S/C18H25N5S/c1-19-18(21-14-17-4-2-13-24-17)20-11-9-15-5-7-16(8-6-15)23-12-3-10-22-23/h3,5-8,10,12,17H,2,4,9,11,13-14H2,1H3,(H2,19,20,21). The van der Waals surface area contributed by atoms with E-state index in [4.69, 9.17) is 0 Å². The normalized spacial score (nSPS) is 17.9. The number of hydrogen-bond acceptors (Lipinski definition) is 3. The first-order valence-corrected chi connectivity index (χ1v) is 9.55. The molecule has 1 aliphatic rings. The Hall–Kier alpha value is -1.95. The van der Waals surface area contributed by atoms with Crippen molar-refractivity contribution in [3.05, 3.63) is 48.3 Å². The number of aromatic nitrogens is 2. The van der Waals surface area contributed by atoms with Crippen molar-refractivity contribution in [3.8, 4) is 5.69 Å². The lowest BCUT2D eigenvalue weighted by Crippen LogP contribution is -2.40. The summed E-state index contributed by atoms with van der Waals surface area (Å²) in [5.41, 5.74) is 2.39. The Bertz CT molecular complexity index is 630. The van der Waals surface area contributed by atoms with Gasteiger partial charge in [0.1, 0.15) is 0 Å². The third-order valence-corrected chi connectivity index (χ3v) is 5.55. The Morgan fingerprint density at radius 3 is 2.88 bits per heavy atom. The first-order valence-electron chi connectivity index (χ1n) is 8.50. The topological polar surface area (TPSA) is 54.2 Å². The third kappa shape index (κ3) is 4.77. The minimum atomic E-state index is 0.735. The summed E-state index contributed by atoms with van der Waals surface area (Å²) in [6.07, 6.45) is 7.38. The fraction of sp³-hybridized carbons (Fsp3) is 0.444. The molecule has 1 fully saturated rings. The van der Waals surface area contributed by atoms with Crippen LogP contribution in [0.25, 0.3) is 5.69 Å². The number of thioether (sulfide) groups is 1. The minimum absolute atomic E-state index is 0.735. The molecule has 0 spiro atoms. The SMILES string of the molecule is CN=C(NCCc1ccc(-n2cccn2)cc1)NCC1CCCS1. The molecular formula is C18H25N5S. The van der Waals surface area contributed by atoms with Crippen molar-refractivity contribution in [2.24, 2.45) is 4.99 Å². The second-order valence-corrected chi connectivity index (χ2v) is 7.29. The first kappa shape index (κ1) is 16.9. The van der Waals surface area contributed by atoms with E-state index in [0.29, 0.717) is 0 Å². The summed E-state index contributed by atoms with van der Waals surface area (Å²) in [4.78, 5) is 4.30. The summed E-state index contributed by atoms with van der Waals surface area (Å²) < 4.78 is 1.87. The summed E-state index contributed by atoms with van der Waals surface area (Å²) in [5.74, 6) is 2.20. The average molecular weight is 344 g/mol. The van der Waals surface area contributed by atoms with E-state index in [-0.39, 0.29) is 0 Å². The van der Waals surface area contributed by atoms with E-state index in [1.807, 2.05) is 24.0 Å². The van der Waals surface area contributed by atoms with E-state index < -0.39 is 0 Å². The summed E-state index contributed by atoms with van der Waals surface area (Å²) in [7, 11) is 1.83. The molecule has 1 aliphatic heterocycles. The molecule has 2 aromatic rings. The molecule has 0 saturated carbocycles. The second kappa shape index (κ2) is 8.78. The van der Waals surface area contributed by atoms with Crippen LogP contribution in [0.1, 0.15) is 18.4 Å². The molecule has 1 atom stereocenters. The zero-order valence-electron chi connectivity index (χ0n) is 14.1. The van der Waals surface area contributed by atoms with Crippen molar-refractivity contribution in [2.75, 3.05) is 25.9 Å². The van der Waals surface area contributed by atoms with E-state index in [1.165, 1.54) is 24.2 Å². The molecule has 128 valence electrons.